The first-order valence-electron chi connectivity index (χ1n) is 14.0. The summed E-state index contributed by atoms with van der Waals surface area (Å²) in [5.41, 5.74) is 0. The van der Waals surface area contributed by atoms with E-state index in [-0.39, 0.29) is 31.0 Å². The maximum atomic E-state index is 11.7. The molecule has 0 bridgehead atoms. The monoisotopic (exact) mass is 695 g/mol. The summed E-state index contributed by atoms with van der Waals surface area (Å²) in [6, 6.07) is 9.54. The Bertz CT molecular complexity index is 454. The van der Waals surface area contributed by atoms with E-state index in [2.05, 4.69) is 99.0 Å². The first-order chi connectivity index (χ1) is 16.4. The molecule has 0 aromatic heterocycles. The van der Waals surface area contributed by atoms with Gasteiger partial charge in [-0.3, -0.25) is 8.22 Å². The van der Waals surface area contributed by atoms with Gasteiger partial charge in [-0.15, -0.1) is 41.4 Å². The average Bonchev–Trinajstić information content (AvgIpc) is 3.40. The first-order valence-corrected chi connectivity index (χ1v) is 15.5. The fourth-order valence-corrected chi connectivity index (χ4v) is 2.98. The van der Waals surface area contributed by atoms with E-state index in [1.54, 1.807) is 12.1 Å². The van der Waals surface area contributed by atoms with Crippen LogP contribution in [0.1, 0.15) is 122 Å². The van der Waals surface area contributed by atoms with Crippen molar-refractivity contribution in [1.82, 2.24) is 0 Å². The Labute approximate surface area is 245 Å². The van der Waals surface area contributed by atoms with E-state index in [9.17, 15) is 8.22 Å². The zero-order valence-electron chi connectivity index (χ0n) is 25.7. The minimum absolute atomic E-state index is 0. The van der Waals surface area contributed by atoms with Gasteiger partial charge in [-0.2, -0.15) is 12.1 Å². The van der Waals surface area contributed by atoms with E-state index in [1.807, 2.05) is 0 Å². The van der Waals surface area contributed by atoms with Crippen LogP contribution in [0, 0.1) is 0 Å². The van der Waals surface area contributed by atoms with Crippen LogP contribution in [0.5, 0.6) is 0 Å². The molecule has 6 unspecified atom stereocenters. The molecule has 0 fully saturated rings. The molecule has 1 aromatic carbocycles. The Kier molecular flexibility index (Phi) is 35.7. The van der Waals surface area contributed by atoms with Gasteiger partial charge >= 0.3 is 35.3 Å². The maximum Gasteiger partial charge on any atom is 4.00 e. The molecule has 0 heterocycles. The summed E-state index contributed by atoms with van der Waals surface area (Å²) in [6.07, 6.45) is 7.03. The van der Waals surface area contributed by atoms with E-state index in [0.717, 1.165) is 0 Å². The van der Waals surface area contributed by atoms with Gasteiger partial charge in [0, 0.05) is 0 Å². The number of hydrogen-bond acceptors (Lipinski definition) is 0. The van der Waals surface area contributed by atoms with E-state index < -0.39 is 9.46 Å². The normalized spacial score (nSPS) is 15.3. The number of rotatable bonds is 13. The fourth-order valence-electron chi connectivity index (χ4n) is 2.47. The van der Waals surface area contributed by atoms with Crippen molar-refractivity contribution in [2.45, 2.75) is 158 Å². The number of nitrogens with zero attached hydrogens (tertiary/aromatic N) is 3. The van der Waals surface area contributed by atoms with Crippen LogP contribution in [-0.4, -0.2) is 45.7 Å². The third-order valence-corrected chi connectivity index (χ3v) is 6.90. The molecule has 36 heavy (non-hydrogen) atoms. The van der Waals surface area contributed by atoms with Crippen molar-refractivity contribution in [2.24, 2.45) is 0 Å². The summed E-state index contributed by atoms with van der Waals surface area (Å²) in [5, 5.41) is 13.8. The van der Waals surface area contributed by atoms with Gasteiger partial charge in [-0.25, -0.2) is 12.1 Å². The molecule has 3 nitrogen and oxygen atoms in total. The van der Waals surface area contributed by atoms with Crippen molar-refractivity contribution in [3.05, 3.63) is 40.2 Å². The van der Waals surface area contributed by atoms with E-state index in [0.29, 0.717) is 36.3 Å². The second-order valence-electron chi connectivity index (χ2n) is 9.51. The maximum absolute atomic E-state index is 11.7. The summed E-state index contributed by atoms with van der Waals surface area (Å²) < 4.78 is 23.5. The van der Waals surface area contributed by atoms with Crippen LogP contribution in [0.15, 0.2) is 24.3 Å². The Morgan fingerprint density at radius 1 is 0.528 bits per heavy atom. The summed E-state index contributed by atoms with van der Waals surface area (Å²) >= 11 is 0. The zero-order chi connectivity index (χ0) is 27.8. The molecular formula is C29H59F2HfN3Si. The summed E-state index contributed by atoms with van der Waals surface area (Å²) in [4.78, 5) is 0. The molecule has 1 rings (SSSR count). The standard InChI is InChI=1S/3C8H18N.C5H5F2Si.Hf/c3*1-5-7(3)9-8(4)6-2;6-8(7)5-3-1-2-4-5;/h3*7-8H,5-6H2,1-4H3;1-4,8H;/q4*-1;+4. The van der Waals surface area contributed by atoms with Gasteiger partial charge in [-0.1, -0.05) is 122 Å². The minimum Gasteiger partial charge on any atom is -0.657 e. The molecule has 0 saturated heterocycles. The van der Waals surface area contributed by atoms with Gasteiger partial charge in [0.15, 0.2) is 0 Å². The van der Waals surface area contributed by atoms with Crippen molar-refractivity contribution in [1.29, 1.82) is 0 Å². The van der Waals surface area contributed by atoms with Crippen LogP contribution in [0.25, 0.3) is 16.0 Å². The van der Waals surface area contributed by atoms with Crippen LogP contribution >= 0.6 is 0 Å². The zero-order valence-corrected chi connectivity index (χ0v) is 30.4. The summed E-state index contributed by atoms with van der Waals surface area (Å²) in [7, 11) is -3.48. The third-order valence-electron chi connectivity index (χ3n) is 6.01. The molecular weight excluding hydrogens is 635 g/mol. The second kappa shape index (κ2) is 29.7. The van der Waals surface area contributed by atoms with Crippen molar-refractivity contribution < 1.29 is 34.1 Å². The van der Waals surface area contributed by atoms with Crippen LogP contribution in [0.4, 0.5) is 8.22 Å². The van der Waals surface area contributed by atoms with Gasteiger partial charge in [-0.05, 0) is 0 Å². The van der Waals surface area contributed by atoms with Gasteiger partial charge in [0.25, 0.3) is 0 Å². The van der Waals surface area contributed by atoms with Gasteiger partial charge in [0.1, 0.15) is 0 Å². The molecule has 0 spiro atoms. The molecule has 0 amide bonds. The molecule has 0 radical (unpaired) electrons. The van der Waals surface area contributed by atoms with E-state index >= 15 is 0 Å². The Morgan fingerprint density at radius 3 is 0.833 bits per heavy atom. The summed E-state index contributed by atoms with van der Waals surface area (Å²) in [6.45, 7) is 26.1. The smallest absolute Gasteiger partial charge is 0.657 e. The van der Waals surface area contributed by atoms with Gasteiger partial charge in [0.05, 0.1) is 0 Å². The van der Waals surface area contributed by atoms with Crippen molar-refractivity contribution >= 4 is 14.7 Å². The van der Waals surface area contributed by atoms with Crippen molar-refractivity contribution in [3.8, 4) is 0 Å². The number of hydrogen-bond donors (Lipinski definition) is 0. The molecule has 212 valence electrons. The SMILES string of the molecule is CCC(C)[N-]C(C)CC.CCC(C)[N-]C(C)CC.CCC(C)[N-]C(C)CC.F[SiH](F)[c-]1cccc1.[Hf+4]. The van der Waals surface area contributed by atoms with Crippen molar-refractivity contribution in [2.75, 3.05) is 0 Å². The molecule has 6 atom stereocenters. The van der Waals surface area contributed by atoms with Gasteiger partial charge in [0.2, 0.25) is 0 Å². The molecule has 0 aliphatic heterocycles. The largest absolute Gasteiger partial charge is 4.00 e. The van der Waals surface area contributed by atoms with Crippen LogP contribution in [0.2, 0.25) is 0 Å². The summed E-state index contributed by atoms with van der Waals surface area (Å²) in [5.74, 6) is 0. The predicted octanol–water partition coefficient (Wildman–Crippen LogP) is 9.64. The third kappa shape index (κ3) is 30.4. The molecule has 0 aliphatic carbocycles. The second-order valence-corrected chi connectivity index (χ2v) is 10.8. The minimum atomic E-state index is -3.48. The molecule has 0 saturated carbocycles. The van der Waals surface area contributed by atoms with E-state index in [4.69, 9.17) is 0 Å². The average molecular weight is 694 g/mol. The Morgan fingerprint density at radius 2 is 0.722 bits per heavy atom. The quantitative estimate of drug-likeness (QED) is 0.112. The predicted molar refractivity (Wildman–Crippen MR) is 160 cm³/mol. The number of halogens is 2. The van der Waals surface area contributed by atoms with Crippen LogP contribution in [0.3, 0.4) is 0 Å². The van der Waals surface area contributed by atoms with Crippen molar-refractivity contribution in [3.63, 3.8) is 0 Å². The first kappa shape index (κ1) is 43.2. The fraction of sp³-hybridized carbons (Fsp3) is 0.828. The van der Waals surface area contributed by atoms with Crippen LogP contribution in [-0.2, 0) is 25.8 Å². The molecule has 1 aromatic rings. The Balaban J connectivity index is -0.000000188. The topological polar surface area (TPSA) is 42.3 Å². The molecule has 0 N–H and O–H groups in total. The molecule has 0 aliphatic rings. The molecule has 7 heteroatoms. The van der Waals surface area contributed by atoms with Crippen LogP contribution < -0.4 is 5.19 Å². The van der Waals surface area contributed by atoms with Gasteiger partial charge < -0.3 is 16.0 Å². The van der Waals surface area contributed by atoms with E-state index in [1.165, 1.54) is 50.7 Å². The Hall–Kier alpha value is 0.177.